The summed E-state index contributed by atoms with van der Waals surface area (Å²) in [6, 6.07) is 7.70. The van der Waals surface area contributed by atoms with Crippen LogP contribution in [0.4, 0.5) is 13.2 Å². The number of halogens is 5. The Balaban J connectivity index is 2.09. The summed E-state index contributed by atoms with van der Waals surface area (Å²) in [6.45, 7) is 0.992. The van der Waals surface area contributed by atoms with Gasteiger partial charge in [0.25, 0.3) is 0 Å². The number of methoxy groups -OCH3 is 1. The molecular formula is C21H16Cl2F3NO5. The van der Waals surface area contributed by atoms with Crippen LogP contribution in [0.3, 0.4) is 0 Å². The topological polar surface area (TPSA) is 73.9 Å². The van der Waals surface area contributed by atoms with Gasteiger partial charge in [-0.3, -0.25) is 15.1 Å². The standard InChI is InChI=1S/C21H16Cl2F3NO5/c1-11(28)31-10-13-4-3-12(5-17(13)19(29)30-2)18-9-20(32-27-18,21(24,25)26)14-6-15(22)8-16(23)7-14/h3-9,27H,10H2,1-2H3. The van der Waals surface area contributed by atoms with Crippen LogP contribution in [0.5, 0.6) is 0 Å². The molecule has 6 nitrogen and oxygen atoms in total. The first-order valence-corrected chi connectivity index (χ1v) is 9.77. The van der Waals surface area contributed by atoms with E-state index in [1.54, 1.807) is 0 Å². The Kier molecular flexibility index (Phi) is 6.73. The maximum atomic E-state index is 14.1. The third-order valence-electron chi connectivity index (χ3n) is 4.64. The molecule has 0 saturated heterocycles. The number of carbonyl (C=O) groups excluding carboxylic acids is 2. The lowest BCUT2D eigenvalue weighted by atomic mass is 9.91. The summed E-state index contributed by atoms with van der Waals surface area (Å²) < 4.78 is 52.1. The van der Waals surface area contributed by atoms with Gasteiger partial charge in [0.05, 0.1) is 18.4 Å². The first-order chi connectivity index (χ1) is 15.0. The summed E-state index contributed by atoms with van der Waals surface area (Å²) in [5.74, 6) is -1.31. The second kappa shape index (κ2) is 9.01. The van der Waals surface area contributed by atoms with Crippen molar-refractivity contribution < 1.29 is 37.1 Å². The quantitative estimate of drug-likeness (QED) is 0.583. The van der Waals surface area contributed by atoms with Crippen molar-refractivity contribution in [2.75, 3.05) is 7.11 Å². The molecule has 2 aromatic rings. The molecule has 32 heavy (non-hydrogen) atoms. The lowest BCUT2D eigenvalue weighted by Crippen LogP contribution is -2.42. The van der Waals surface area contributed by atoms with E-state index in [-0.39, 0.29) is 39.0 Å². The molecule has 3 rings (SSSR count). The Morgan fingerprint density at radius 2 is 1.78 bits per heavy atom. The molecule has 0 radical (unpaired) electrons. The molecule has 1 N–H and O–H groups in total. The van der Waals surface area contributed by atoms with E-state index in [1.165, 1.54) is 31.2 Å². The summed E-state index contributed by atoms with van der Waals surface area (Å²) in [5, 5.41) is 0.00811. The Labute approximate surface area is 190 Å². The second-order valence-corrected chi connectivity index (χ2v) is 7.67. The maximum Gasteiger partial charge on any atom is 0.428 e. The molecular weight excluding hydrogens is 474 g/mol. The zero-order chi connectivity index (χ0) is 23.7. The summed E-state index contributed by atoms with van der Waals surface area (Å²) in [4.78, 5) is 28.3. The van der Waals surface area contributed by atoms with E-state index in [1.807, 2.05) is 0 Å². The smallest absolute Gasteiger partial charge is 0.428 e. The molecule has 11 heteroatoms. The first-order valence-electron chi connectivity index (χ1n) is 9.02. The van der Waals surface area contributed by atoms with E-state index in [0.29, 0.717) is 5.56 Å². The molecule has 1 unspecified atom stereocenters. The summed E-state index contributed by atoms with van der Waals surface area (Å²) in [7, 11) is 1.15. The summed E-state index contributed by atoms with van der Waals surface area (Å²) >= 11 is 11.8. The van der Waals surface area contributed by atoms with Crippen LogP contribution in [0.1, 0.15) is 34.0 Å². The van der Waals surface area contributed by atoms with Crippen molar-refractivity contribution in [1.82, 2.24) is 5.48 Å². The van der Waals surface area contributed by atoms with Crippen molar-refractivity contribution in [3.63, 3.8) is 0 Å². The Bertz CT molecular complexity index is 1080. The number of hydrogen-bond donors (Lipinski definition) is 1. The molecule has 0 fully saturated rings. The van der Waals surface area contributed by atoms with Crippen LogP contribution in [-0.2, 0) is 31.3 Å². The van der Waals surface area contributed by atoms with Gasteiger partial charge in [0.1, 0.15) is 6.61 Å². The second-order valence-electron chi connectivity index (χ2n) is 6.80. The normalized spacial score (nSPS) is 18.0. The molecule has 1 aliphatic heterocycles. The Morgan fingerprint density at radius 1 is 1.12 bits per heavy atom. The van der Waals surface area contributed by atoms with Gasteiger partial charge >= 0.3 is 18.1 Å². The number of hydrogen-bond acceptors (Lipinski definition) is 6. The third kappa shape index (κ3) is 4.69. The molecule has 1 aliphatic rings. The van der Waals surface area contributed by atoms with Gasteiger partial charge in [0.15, 0.2) is 0 Å². The third-order valence-corrected chi connectivity index (χ3v) is 5.08. The zero-order valence-corrected chi connectivity index (χ0v) is 18.2. The predicted octanol–water partition coefficient (Wildman–Crippen LogP) is 5.18. The molecule has 1 heterocycles. The number of nitrogens with one attached hydrogen (secondary N) is 1. The van der Waals surface area contributed by atoms with Crippen molar-refractivity contribution in [3.05, 3.63) is 74.8 Å². The van der Waals surface area contributed by atoms with Gasteiger partial charge in [-0.05, 0) is 30.3 Å². The van der Waals surface area contributed by atoms with Crippen molar-refractivity contribution in [2.24, 2.45) is 0 Å². The first kappa shape index (κ1) is 23.9. The van der Waals surface area contributed by atoms with Crippen LogP contribution in [-0.4, -0.2) is 25.2 Å². The van der Waals surface area contributed by atoms with E-state index < -0.39 is 23.7 Å². The van der Waals surface area contributed by atoms with Gasteiger partial charge in [0.2, 0.25) is 5.60 Å². The van der Waals surface area contributed by atoms with Crippen LogP contribution in [0, 0.1) is 0 Å². The molecule has 0 spiro atoms. The lowest BCUT2D eigenvalue weighted by molar-refractivity contribution is -0.269. The van der Waals surface area contributed by atoms with E-state index in [9.17, 15) is 22.8 Å². The van der Waals surface area contributed by atoms with Crippen LogP contribution in [0.25, 0.3) is 5.70 Å². The summed E-state index contributed by atoms with van der Waals surface area (Å²) in [6.07, 6.45) is -4.05. The van der Waals surface area contributed by atoms with Gasteiger partial charge in [-0.15, -0.1) is 0 Å². The summed E-state index contributed by atoms with van der Waals surface area (Å²) in [5.41, 5.74) is -0.438. The molecule has 0 amide bonds. The average Bonchev–Trinajstić information content (AvgIpc) is 3.18. The molecule has 0 saturated carbocycles. The van der Waals surface area contributed by atoms with E-state index in [2.05, 4.69) is 5.48 Å². The van der Waals surface area contributed by atoms with Crippen molar-refractivity contribution >= 4 is 40.8 Å². The zero-order valence-electron chi connectivity index (χ0n) is 16.7. The largest absolute Gasteiger partial charge is 0.465 e. The van der Waals surface area contributed by atoms with Gasteiger partial charge in [-0.2, -0.15) is 13.2 Å². The van der Waals surface area contributed by atoms with Gasteiger partial charge in [-0.1, -0.05) is 35.3 Å². The molecule has 2 aromatic carbocycles. The fraction of sp³-hybridized carbons (Fsp3) is 0.238. The van der Waals surface area contributed by atoms with Crippen molar-refractivity contribution in [1.29, 1.82) is 0 Å². The highest BCUT2D eigenvalue weighted by Gasteiger charge is 2.59. The molecule has 0 aliphatic carbocycles. The maximum absolute atomic E-state index is 14.1. The van der Waals surface area contributed by atoms with Crippen molar-refractivity contribution in [2.45, 2.75) is 25.3 Å². The van der Waals surface area contributed by atoms with Gasteiger partial charge in [0, 0.05) is 33.7 Å². The SMILES string of the molecule is COC(=O)c1cc(C2=CC(c3cc(Cl)cc(Cl)c3)(C(F)(F)F)ON2)ccc1COC(C)=O. The number of hydroxylamine groups is 1. The highest BCUT2D eigenvalue weighted by Crippen LogP contribution is 2.48. The van der Waals surface area contributed by atoms with Crippen molar-refractivity contribution in [3.8, 4) is 0 Å². The molecule has 1 atom stereocenters. The van der Waals surface area contributed by atoms with Crippen LogP contribution in [0.15, 0.2) is 42.5 Å². The van der Waals surface area contributed by atoms with Crippen LogP contribution in [0.2, 0.25) is 10.0 Å². The minimum atomic E-state index is -4.88. The fourth-order valence-electron chi connectivity index (χ4n) is 3.10. The average molecular weight is 490 g/mol. The Morgan fingerprint density at radius 3 is 2.34 bits per heavy atom. The predicted molar refractivity (Wildman–Crippen MR) is 110 cm³/mol. The number of benzene rings is 2. The van der Waals surface area contributed by atoms with Gasteiger partial charge < -0.3 is 9.47 Å². The monoisotopic (exact) mass is 489 g/mol. The molecule has 0 aromatic heterocycles. The Hall–Kier alpha value is -2.75. The fourth-order valence-corrected chi connectivity index (χ4v) is 3.63. The number of esters is 2. The number of ether oxygens (including phenoxy) is 2. The minimum Gasteiger partial charge on any atom is -0.465 e. The van der Waals surface area contributed by atoms with E-state index in [0.717, 1.165) is 25.3 Å². The van der Waals surface area contributed by atoms with E-state index in [4.69, 9.17) is 37.5 Å². The van der Waals surface area contributed by atoms with E-state index >= 15 is 0 Å². The molecule has 0 bridgehead atoms. The number of rotatable bonds is 5. The lowest BCUT2D eigenvalue weighted by Gasteiger charge is -2.28. The van der Waals surface area contributed by atoms with Crippen LogP contribution >= 0.6 is 23.2 Å². The number of carbonyl (C=O) groups is 2. The molecule has 170 valence electrons. The minimum absolute atomic E-state index is 0.00405. The van der Waals surface area contributed by atoms with Crippen LogP contribution < -0.4 is 5.48 Å². The van der Waals surface area contributed by atoms with Gasteiger partial charge in [-0.25, -0.2) is 4.79 Å². The highest BCUT2D eigenvalue weighted by molar-refractivity contribution is 6.34. The highest BCUT2D eigenvalue weighted by atomic mass is 35.5. The number of alkyl halides is 3.